The normalized spacial score (nSPS) is 11.4. The number of carbonyl (C=O) groups excluding carboxylic acids is 2. The first-order chi connectivity index (χ1) is 12.7. The van der Waals surface area contributed by atoms with E-state index in [0.29, 0.717) is 32.4 Å². The number of carbonyl (C=O) groups is 2. The monoisotopic (exact) mass is 430 g/mol. The molecule has 0 saturated heterocycles. The lowest BCUT2D eigenvalue weighted by atomic mass is 10.0. The molecule has 6 nitrogen and oxygen atoms in total. The van der Waals surface area contributed by atoms with Crippen LogP contribution >= 0.6 is 15.9 Å². The van der Waals surface area contributed by atoms with Gasteiger partial charge in [0.1, 0.15) is 17.0 Å². The number of pyridine rings is 1. The number of fused-ring (bicyclic) bond motifs is 1. The van der Waals surface area contributed by atoms with Crippen molar-refractivity contribution in [3.63, 3.8) is 0 Å². The van der Waals surface area contributed by atoms with E-state index >= 15 is 0 Å². The Kier molecular flexibility index (Phi) is 5.06. The van der Waals surface area contributed by atoms with E-state index in [-0.39, 0.29) is 5.78 Å². The maximum atomic E-state index is 13.0. The molecule has 0 aliphatic carbocycles. The van der Waals surface area contributed by atoms with Crippen molar-refractivity contribution < 1.29 is 19.1 Å². The van der Waals surface area contributed by atoms with E-state index in [1.165, 1.54) is 10.8 Å². The van der Waals surface area contributed by atoms with Crippen molar-refractivity contribution in [2.75, 3.05) is 7.11 Å². The van der Waals surface area contributed by atoms with Crippen molar-refractivity contribution in [3.05, 3.63) is 58.3 Å². The van der Waals surface area contributed by atoms with Crippen molar-refractivity contribution in [1.82, 2.24) is 9.55 Å². The molecule has 0 aliphatic rings. The fraction of sp³-hybridized carbons (Fsp3) is 0.250. The average Bonchev–Trinajstić information content (AvgIpc) is 2.98. The van der Waals surface area contributed by atoms with Crippen molar-refractivity contribution in [2.45, 2.75) is 26.4 Å². The Hall–Kier alpha value is -2.67. The van der Waals surface area contributed by atoms with Crippen LogP contribution in [0.3, 0.4) is 0 Å². The number of rotatable bonds is 3. The fourth-order valence-corrected chi connectivity index (χ4v) is 2.94. The smallest absolute Gasteiger partial charge is 0.420 e. The zero-order chi connectivity index (χ0) is 19.8. The Morgan fingerprint density at radius 2 is 1.81 bits per heavy atom. The van der Waals surface area contributed by atoms with Gasteiger partial charge in [0.15, 0.2) is 5.78 Å². The molecule has 0 radical (unpaired) electrons. The zero-order valence-corrected chi connectivity index (χ0v) is 17.0. The summed E-state index contributed by atoms with van der Waals surface area (Å²) in [6, 6.07) is 8.56. The Morgan fingerprint density at radius 1 is 1.15 bits per heavy atom. The molecule has 0 aliphatic heterocycles. The van der Waals surface area contributed by atoms with Gasteiger partial charge in [-0.2, -0.15) is 0 Å². The minimum absolute atomic E-state index is 0.218. The Morgan fingerprint density at radius 3 is 2.41 bits per heavy atom. The summed E-state index contributed by atoms with van der Waals surface area (Å²) < 4.78 is 12.5. The highest BCUT2D eigenvalue weighted by molar-refractivity contribution is 9.10. The number of aromatic nitrogens is 2. The van der Waals surface area contributed by atoms with E-state index < -0.39 is 11.7 Å². The maximum Gasteiger partial charge on any atom is 0.420 e. The molecule has 3 rings (SSSR count). The van der Waals surface area contributed by atoms with E-state index in [2.05, 4.69) is 20.9 Å². The summed E-state index contributed by atoms with van der Waals surface area (Å²) in [5, 5.41) is 0.566. The van der Waals surface area contributed by atoms with Crippen LogP contribution in [0.4, 0.5) is 4.79 Å². The van der Waals surface area contributed by atoms with Gasteiger partial charge in [-0.3, -0.25) is 4.79 Å². The number of hydrogen-bond donors (Lipinski definition) is 0. The predicted octanol–water partition coefficient (Wildman–Crippen LogP) is 4.82. The van der Waals surface area contributed by atoms with Crippen LogP contribution in [0.1, 0.15) is 36.7 Å². The van der Waals surface area contributed by atoms with Crippen LogP contribution < -0.4 is 4.74 Å². The van der Waals surface area contributed by atoms with Crippen LogP contribution in [-0.2, 0) is 4.74 Å². The number of ketones is 1. The number of halogens is 1. The van der Waals surface area contributed by atoms with Crippen LogP contribution in [-0.4, -0.2) is 34.1 Å². The van der Waals surface area contributed by atoms with Crippen molar-refractivity contribution in [3.8, 4) is 5.75 Å². The quantitative estimate of drug-likeness (QED) is 0.556. The van der Waals surface area contributed by atoms with E-state index in [1.807, 2.05) is 0 Å². The Balaban J connectivity index is 2.10. The second-order valence-corrected chi connectivity index (χ2v) is 7.89. The Labute approximate surface area is 165 Å². The first kappa shape index (κ1) is 19.1. The average molecular weight is 431 g/mol. The third-order valence-electron chi connectivity index (χ3n) is 3.80. The second-order valence-electron chi connectivity index (χ2n) is 6.98. The van der Waals surface area contributed by atoms with Crippen LogP contribution in [0.15, 0.2) is 47.2 Å². The number of benzene rings is 1. The third kappa shape index (κ3) is 4.03. The second kappa shape index (κ2) is 7.15. The van der Waals surface area contributed by atoms with Crippen molar-refractivity contribution >= 4 is 38.8 Å². The highest BCUT2D eigenvalue weighted by Gasteiger charge is 2.24. The molecule has 0 atom stereocenters. The summed E-state index contributed by atoms with van der Waals surface area (Å²) in [5.74, 6) is 0.442. The van der Waals surface area contributed by atoms with Gasteiger partial charge in [-0.1, -0.05) is 0 Å². The molecule has 27 heavy (non-hydrogen) atoms. The molecular weight excluding hydrogens is 412 g/mol. The van der Waals surface area contributed by atoms with Crippen LogP contribution in [0.5, 0.6) is 5.75 Å². The van der Waals surface area contributed by atoms with Crippen LogP contribution in [0.25, 0.3) is 11.0 Å². The predicted molar refractivity (Wildman–Crippen MR) is 105 cm³/mol. The maximum absolute atomic E-state index is 13.0. The number of nitrogens with zero attached hydrogens (tertiary/aromatic N) is 2. The standard InChI is InChI=1S/C20H19BrN2O4/c1-20(2,3)27-19(25)23-11-16(15-9-13(21)10-22-18(15)23)17(24)12-5-7-14(26-4)8-6-12/h5-11H,1-4H3. The highest BCUT2D eigenvalue weighted by Crippen LogP contribution is 2.27. The summed E-state index contributed by atoms with van der Waals surface area (Å²) in [4.78, 5) is 29.9. The molecule has 1 aromatic carbocycles. The van der Waals surface area contributed by atoms with Gasteiger partial charge in [-0.15, -0.1) is 0 Å². The van der Waals surface area contributed by atoms with Gasteiger partial charge in [-0.25, -0.2) is 14.3 Å². The van der Waals surface area contributed by atoms with E-state index in [9.17, 15) is 9.59 Å². The van der Waals surface area contributed by atoms with Gasteiger partial charge in [0.05, 0.1) is 12.7 Å². The molecule has 7 heteroatoms. The van der Waals surface area contributed by atoms with Crippen molar-refractivity contribution in [1.29, 1.82) is 0 Å². The number of hydrogen-bond acceptors (Lipinski definition) is 5. The summed E-state index contributed by atoms with van der Waals surface area (Å²) in [6.07, 6.45) is 2.46. The first-order valence-electron chi connectivity index (χ1n) is 8.28. The molecule has 2 heterocycles. The molecule has 0 bridgehead atoms. The molecule has 0 N–H and O–H groups in total. The molecular formula is C20H19BrN2O4. The van der Waals surface area contributed by atoms with Gasteiger partial charge in [0.25, 0.3) is 0 Å². The molecule has 0 saturated carbocycles. The summed E-state index contributed by atoms with van der Waals surface area (Å²) in [7, 11) is 1.56. The van der Waals surface area contributed by atoms with E-state index in [1.54, 1.807) is 64.4 Å². The van der Waals surface area contributed by atoms with Gasteiger partial charge in [0, 0.05) is 27.8 Å². The Bertz CT molecular complexity index is 1020. The minimum atomic E-state index is -0.663. The number of methoxy groups -OCH3 is 1. The topological polar surface area (TPSA) is 70.4 Å². The van der Waals surface area contributed by atoms with E-state index in [0.717, 1.165) is 0 Å². The lowest BCUT2D eigenvalue weighted by molar-refractivity contribution is 0.0543. The highest BCUT2D eigenvalue weighted by atomic mass is 79.9. The molecule has 140 valence electrons. The molecule has 0 fully saturated rings. The summed E-state index contributed by atoms with van der Waals surface area (Å²) in [5.41, 5.74) is 0.557. The lowest BCUT2D eigenvalue weighted by Gasteiger charge is -2.19. The first-order valence-corrected chi connectivity index (χ1v) is 9.07. The molecule has 2 aromatic heterocycles. The lowest BCUT2D eigenvalue weighted by Crippen LogP contribution is -2.26. The third-order valence-corrected chi connectivity index (χ3v) is 4.23. The molecule has 3 aromatic rings. The molecule has 0 spiro atoms. The SMILES string of the molecule is COc1ccc(C(=O)c2cn(C(=O)OC(C)(C)C)c3ncc(Br)cc23)cc1. The van der Waals surface area contributed by atoms with Gasteiger partial charge >= 0.3 is 6.09 Å². The zero-order valence-electron chi connectivity index (χ0n) is 15.4. The fourth-order valence-electron chi connectivity index (χ4n) is 2.61. The van der Waals surface area contributed by atoms with Gasteiger partial charge in [-0.05, 0) is 67.0 Å². The largest absolute Gasteiger partial charge is 0.497 e. The van der Waals surface area contributed by atoms with Crippen molar-refractivity contribution in [2.24, 2.45) is 0 Å². The van der Waals surface area contributed by atoms with Crippen LogP contribution in [0.2, 0.25) is 0 Å². The minimum Gasteiger partial charge on any atom is -0.497 e. The summed E-state index contributed by atoms with van der Waals surface area (Å²) in [6.45, 7) is 5.35. The van der Waals surface area contributed by atoms with Crippen LogP contribution in [0, 0.1) is 0 Å². The van der Waals surface area contributed by atoms with Gasteiger partial charge in [0.2, 0.25) is 0 Å². The summed E-state index contributed by atoms with van der Waals surface area (Å²) >= 11 is 3.37. The molecule has 0 amide bonds. The van der Waals surface area contributed by atoms with Gasteiger partial charge < -0.3 is 9.47 Å². The van der Waals surface area contributed by atoms with E-state index in [4.69, 9.17) is 9.47 Å². The number of ether oxygens (including phenoxy) is 2. The molecule has 0 unspecified atom stereocenters.